The molecule has 0 unspecified atom stereocenters. The van der Waals surface area contributed by atoms with Crippen molar-refractivity contribution >= 4 is 11.9 Å². The van der Waals surface area contributed by atoms with Crippen LogP contribution in [0.25, 0.3) is 0 Å². The summed E-state index contributed by atoms with van der Waals surface area (Å²) in [6.07, 6.45) is 6.96. The van der Waals surface area contributed by atoms with Crippen LogP contribution in [0.2, 0.25) is 0 Å². The molecule has 6 heteroatoms. The number of hydrogen-bond acceptors (Lipinski definition) is 4. The molecule has 30 heavy (non-hydrogen) atoms. The van der Waals surface area contributed by atoms with E-state index in [1.54, 1.807) is 12.1 Å². The number of piperidine rings is 1. The van der Waals surface area contributed by atoms with Crippen molar-refractivity contribution in [3.8, 4) is 0 Å². The van der Waals surface area contributed by atoms with Gasteiger partial charge in [0.05, 0.1) is 37.4 Å². The molecule has 3 aliphatic heterocycles. The maximum absolute atomic E-state index is 12.8. The molecule has 2 bridgehead atoms. The first-order valence-corrected chi connectivity index (χ1v) is 11.3. The van der Waals surface area contributed by atoms with E-state index in [1.807, 2.05) is 24.0 Å². The summed E-state index contributed by atoms with van der Waals surface area (Å²) in [6, 6.07) is 7.22. The van der Waals surface area contributed by atoms with E-state index in [1.165, 1.54) is 12.8 Å². The second-order valence-corrected chi connectivity index (χ2v) is 9.38. The number of nitrogens with zero attached hydrogens (tertiary/aromatic N) is 1. The third-order valence-electron chi connectivity index (χ3n) is 7.23. The molecule has 6 nitrogen and oxygen atoms in total. The van der Waals surface area contributed by atoms with Crippen LogP contribution in [0.5, 0.6) is 0 Å². The first-order valence-electron chi connectivity index (χ1n) is 11.3. The van der Waals surface area contributed by atoms with Crippen molar-refractivity contribution in [3.05, 3.63) is 35.4 Å². The molecule has 3 saturated heterocycles. The smallest absolute Gasteiger partial charge is 0.335 e. The molecule has 1 N–H and O–H groups in total. The molecule has 3 heterocycles. The van der Waals surface area contributed by atoms with Gasteiger partial charge in [-0.1, -0.05) is 18.2 Å². The summed E-state index contributed by atoms with van der Waals surface area (Å²) in [5.41, 5.74) is 1.42. The number of amides is 1. The largest absolute Gasteiger partial charge is 0.478 e. The molecule has 4 aliphatic rings. The van der Waals surface area contributed by atoms with E-state index in [-0.39, 0.29) is 23.3 Å². The van der Waals surface area contributed by atoms with Gasteiger partial charge >= 0.3 is 5.97 Å². The molecule has 4 fully saturated rings. The SMILES string of the molecule is C[C@H](CC(=O)N1CCC(c2ccccc2C(=O)O)CC1)OCC12CCC(CC1)OC2. The Hall–Kier alpha value is -1.92. The van der Waals surface area contributed by atoms with Crippen LogP contribution in [0.4, 0.5) is 0 Å². The number of rotatable bonds is 7. The second kappa shape index (κ2) is 9.06. The zero-order chi connectivity index (χ0) is 21.1. The van der Waals surface area contributed by atoms with E-state index in [4.69, 9.17) is 9.47 Å². The Labute approximate surface area is 178 Å². The number of hydrogen-bond donors (Lipinski definition) is 1. The lowest BCUT2D eigenvalue weighted by atomic mass is 9.72. The van der Waals surface area contributed by atoms with Gasteiger partial charge in [-0.3, -0.25) is 4.79 Å². The van der Waals surface area contributed by atoms with Crippen molar-refractivity contribution in [2.75, 3.05) is 26.3 Å². The quantitative estimate of drug-likeness (QED) is 0.732. The number of likely N-dealkylation sites (tertiary alicyclic amines) is 1. The van der Waals surface area contributed by atoms with Crippen molar-refractivity contribution < 1.29 is 24.2 Å². The van der Waals surface area contributed by atoms with Crippen molar-refractivity contribution in [2.45, 2.75) is 70.0 Å². The summed E-state index contributed by atoms with van der Waals surface area (Å²) in [6.45, 7) is 4.80. The van der Waals surface area contributed by atoms with Crippen LogP contribution in [0, 0.1) is 5.41 Å². The van der Waals surface area contributed by atoms with Crippen LogP contribution in [0.1, 0.15) is 73.7 Å². The molecule has 5 rings (SSSR count). The average Bonchev–Trinajstić information content (AvgIpc) is 2.79. The molecule has 1 aliphatic carbocycles. The molecule has 1 saturated carbocycles. The molecular weight excluding hydrogens is 382 g/mol. The van der Waals surface area contributed by atoms with Gasteiger partial charge in [-0.15, -0.1) is 0 Å². The number of carboxylic acids is 1. The number of benzene rings is 1. The Kier molecular flexibility index (Phi) is 6.44. The zero-order valence-corrected chi connectivity index (χ0v) is 17.8. The third-order valence-corrected chi connectivity index (χ3v) is 7.23. The Morgan fingerprint density at radius 2 is 1.90 bits per heavy atom. The van der Waals surface area contributed by atoms with E-state index < -0.39 is 5.97 Å². The molecular formula is C24H33NO5. The van der Waals surface area contributed by atoms with Crippen LogP contribution < -0.4 is 0 Å². The van der Waals surface area contributed by atoms with Gasteiger partial charge in [-0.05, 0) is 63.0 Å². The van der Waals surface area contributed by atoms with Gasteiger partial charge in [0, 0.05) is 18.5 Å². The predicted octanol–water partition coefficient (Wildman–Crippen LogP) is 3.85. The van der Waals surface area contributed by atoms with E-state index in [0.29, 0.717) is 37.8 Å². The lowest BCUT2D eigenvalue weighted by Gasteiger charge is -2.46. The molecule has 1 amide bonds. The van der Waals surface area contributed by atoms with E-state index in [9.17, 15) is 14.7 Å². The summed E-state index contributed by atoms with van der Waals surface area (Å²) in [5.74, 6) is -0.560. The fraction of sp³-hybridized carbons (Fsp3) is 0.667. The maximum atomic E-state index is 12.8. The number of carbonyl (C=O) groups is 2. The van der Waals surface area contributed by atoms with Gasteiger partial charge in [0.1, 0.15) is 0 Å². The fourth-order valence-corrected chi connectivity index (χ4v) is 5.24. The predicted molar refractivity (Wildman–Crippen MR) is 113 cm³/mol. The number of aromatic carboxylic acids is 1. The molecule has 1 aromatic carbocycles. The number of carboxylic acid groups (broad SMARTS) is 1. The van der Waals surface area contributed by atoms with Gasteiger partial charge in [-0.25, -0.2) is 4.79 Å². The lowest BCUT2D eigenvalue weighted by molar-refractivity contribution is -0.153. The van der Waals surface area contributed by atoms with Crippen LogP contribution >= 0.6 is 0 Å². The summed E-state index contributed by atoms with van der Waals surface area (Å²) in [5, 5.41) is 9.43. The standard InChI is InChI=1S/C24H33NO5/c1-17(29-15-24-10-6-19(7-11-24)30-16-24)14-22(26)25-12-8-18(9-13-25)20-4-2-3-5-21(20)23(27)28/h2-5,17-19H,6-16H2,1H3,(H,27,28)/t17-,19?,24?/m1/s1. The summed E-state index contributed by atoms with van der Waals surface area (Å²) >= 11 is 0. The number of carbonyl (C=O) groups excluding carboxylic acids is 1. The van der Waals surface area contributed by atoms with Gasteiger partial charge < -0.3 is 19.5 Å². The third kappa shape index (κ3) is 4.70. The minimum absolute atomic E-state index is 0.100. The molecule has 0 radical (unpaired) electrons. The summed E-state index contributed by atoms with van der Waals surface area (Å²) in [4.78, 5) is 26.2. The van der Waals surface area contributed by atoms with Gasteiger partial charge in [0.15, 0.2) is 0 Å². The van der Waals surface area contributed by atoms with Crippen LogP contribution in [-0.2, 0) is 14.3 Å². The van der Waals surface area contributed by atoms with Gasteiger partial charge in [0.25, 0.3) is 0 Å². The monoisotopic (exact) mass is 415 g/mol. The Morgan fingerprint density at radius 3 is 2.53 bits per heavy atom. The zero-order valence-electron chi connectivity index (χ0n) is 17.8. The average molecular weight is 416 g/mol. The van der Waals surface area contributed by atoms with Crippen molar-refractivity contribution in [1.82, 2.24) is 4.90 Å². The molecule has 164 valence electrons. The fourth-order valence-electron chi connectivity index (χ4n) is 5.24. The van der Waals surface area contributed by atoms with Gasteiger partial charge in [-0.2, -0.15) is 0 Å². The minimum atomic E-state index is -0.883. The lowest BCUT2D eigenvalue weighted by Crippen LogP contribution is -2.46. The van der Waals surface area contributed by atoms with Crippen LogP contribution in [0.3, 0.4) is 0 Å². The summed E-state index contributed by atoms with van der Waals surface area (Å²) < 4.78 is 12.0. The van der Waals surface area contributed by atoms with Crippen molar-refractivity contribution in [1.29, 1.82) is 0 Å². The maximum Gasteiger partial charge on any atom is 0.335 e. The minimum Gasteiger partial charge on any atom is -0.478 e. The topological polar surface area (TPSA) is 76.1 Å². The van der Waals surface area contributed by atoms with E-state index >= 15 is 0 Å². The number of ether oxygens (including phenoxy) is 2. The molecule has 0 spiro atoms. The van der Waals surface area contributed by atoms with E-state index in [0.717, 1.165) is 37.9 Å². The highest BCUT2D eigenvalue weighted by Crippen LogP contribution is 2.43. The first kappa shape index (κ1) is 21.3. The highest BCUT2D eigenvalue weighted by atomic mass is 16.5. The van der Waals surface area contributed by atoms with Crippen LogP contribution in [0.15, 0.2) is 24.3 Å². The number of fused-ring (bicyclic) bond motifs is 3. The van der Waals surface area contributed by atoms with E-state index in [2.05, 4.69) is 0 Å². The highest BCUT2D eigenvalue weighted by molar-refractivity contribution is 5.89. The Morgan fingerprint density at radius 1 is 1.20 bits per heavy atom. The second-order valence-electron chi connectivity index (χ2n) is 9.38. The Balaban J connectivity index is 1.24. The van der Waals surface area contributed by atoms with Crippen molar-refractivity contribution in [2.24, 2.45) is 5.41 Å². The van der Waals surface area contributed by atoms with Crippen LogP contribution in [-0.4, -0.2) is 60.4 Å². The molecule has 1 atom stereocenters. The first-order chi connectivity index (χ1) is 14.5. The highest BCUT2D eigenvalue weighted by Gasteiger charge is 2.42. The van der Waals surface area contributed by atoms with Crippen molar-refractivity contribution in [3.63, 3.8) is 0 Å². The van der Waals surface area contributed by atoms with Gasteiger partial charge in [0.2, 0.25) is 5.91 Å². The Bertz CT molecular complexity index is 749. The molecule has 1 aromatic rings. The summed E-state index contributed by atoms with van der Waals surface area (Å²) in [7, 11) is 0. The molecule has 0 aromatic heterocycles. The normalized spacial score (nSPS) is 27.8.